The number of para-hydroxylation sites is 1. The highest BCUT2D eigenvalue weighted by Gasteiger charge is 2.17. The molecule has 0 amide bonds. The van der Waals surface area contributed by atoms with E-state index in [0.29, 0.717) is 0 Å². The van der Waals surface area contributed by atoms with Crippen molar-refractivity contribution in [2.75, 3.05) is 33.3 Å². The average molecular weight is 287 g/mol. The van der Waals surface area contributed by atoms with Crippen LogP contribution in [0.15, 0.2) is 36.9 Å². The fraction of sp³-hybridized carbons (Fsp3) is 0.467. The smallest absolute Gasteiger partial charge is 0.138 e. The number of ether oxygens (including phenoxy) is 1. The molecule has 0 spiro atoms. The van der Waals surface area contributed by atoms with E-state index >= 15 is 0 Å². The Morgan fingerprint density at radius 1 is 1.38 bits per heavy atom. The Kier molecular flexibility index (Phi) is 4.59. The lowest BCUT2D eigenvalue weighted by molar-refractivity contribution is -0.0182. The van der Waals surface area contributed by atoms with Crippen LogP contribution in [0.2, 0.25) is 0 Å². The van der Waals surface area contributed by atoms with Crippen LogP contribution >= 0.6 is 0 Å². The summed E-state index contributed by atoms with van der Waals surface area (Å²) < 4.78 is 7.55. The molecule has 0 radical (unpaired) electrons. The third kappa shape index (κ3) is 3.66. The van der Waals surface area contributed by atoms with E-state index < -0.39 is 0 Å². The third-order valence-electron chi connectivity index (χ3n) is 3.69. The summed E-state index contributed by atoms with van der Waals surface area (Å²) in [5.41, 5.74) is 2.26. The number of aromatic nitrogens is 3. The minimum atomic E-state index is 0.266. The molecule has 1 aromatic heterocycles. The average Bonchev–Trinajstić information content (AvgIpc) is 3.02. The van der Waals surface area contributed by atoms with E-state index in [4.69, 9.17) is 4.74 Å². The summed E-state index contributed by atoms with van der Waals surface area (Å²) in [4.78, 5) is 6.31. The largest absolute Gasteiger partial charge is 0.374 e. The molecule has 21 heavy (non-hydrogen) atoms. The van der Waals surface area contributed by atoms with E-state index in [1.807, 2.05) is 12.1 Å². The van der Waals surface area contributed by atoms with Gasteiger partial charge in [-0.2, -0.15) is 5.10 Å². The Balaban J connectivity index is 1.58. The van der Waals surface area contributed by atoms with Crippen molar-refractivity contribution in [1.29, 1.82) is 0 Å². The summed E-state index contributed by atoms with van der Waals surface area (Å²) in [6, 6.07) is 8.22. The topological polar surface area (TPSA) is 55.2 Å². The summed E-state index contributed by atoms with van der Waals surface area (Å²) in [7, 11) is 2.13. The second kappa shape index (κ2) is 6.80. The van der Waals surface area contributed by atoms with Gasteiger partial charge in [-0.25, -0.2) is 9.67 Å². The molecule has 0 unspecified atom stereocenters. The molecule has 1 N–H and O–H groups in total. The summed E-state index contributed by atoms with van der Waals surface area (Å²) in [5, 5.41) is 7.68. The zero-order chi connectivity index (χ0) is 14.5. The van der Waals surface area contributed by atoms with Gasteiger partial charge in [0.1, 0.15) is 12.7 Å². The van der Waals surface area contributed by atoms with E-state index in [1.165, 1.54) is 5.56 Å². The molecule has 2 aromatic rings. The van der Waals surface area contributed by atoms with Gasteiger partial charge in [0, 0.05) is 26.2 Å². The van der Waals surface area contributed by atoms with Crippen LogP contribution in [0.5, 0.6) is 0 Å². The summed E-state index contributed by atoms with van der Waals surface area (Å²) in [6.45, 7) is 4.47. The quantitative estimate of drug-likeness (QED) is 0.877. The van der Waals surface area contributed by atoms with Crippen molar-refractivity contribution in [3.8, 4) is 5.69 Å². The first-order valence-corrected chi connectivity index (χ1v) is 7.26. The highest BCUT2D eigenvalue weighted by Crippen LogP contribution is 2.12. The summed E-state index contributed by atoms with van der Waals surface area (Å²) in [6.07, 6.45) is 3.54. The maximum atomic E-state index is 5.76. The Morgan fingerprint density at radius 2 is 2.29 bits per heavy atom. The minimum Gasteiger partial charge on any atom is -0.374 e. The van der Waals surface area contributed by atoms with Crippen molar-refractivity contribution in [3.63, 3.8) is 0 Å². The van der Waals surface area contributed by atoms with Crippen LogP contribution in [-0.4, -0.2) is 59.1 Å². The molecule has 1 saturated heterocycles. The van der Waals surface area contributed by atoms with Crippen molar-refractivity contribution in [2.45, 2.75) is 12.6 Å². The van der Waals surface area contributed by atoms with Gasteiger partial charge in [-0.3, -0.25) is 0 Å². The van der Waals surface area contributed by atoms with Crippen LogP contribution in [0.1, 0.15) is 5.56 Å². The molecular weight excluding hydrogens is 266 g/mol. The zero-order valence-electron chi connectivity index (χ0n) is 12.3. The van der Waals surface area contributed by atoms with E-state index in [0.717, 1.165) is 38.5 Å². The molecule has 1 fully saturated rings. The van der Waals surface area contributed by atoms with Gasteiger partial charge in [-0.05, 0) is 18.7 Å². The number of benzene rings is 1. The van der Waals surface area contributed by atoms with Gasteiger partial charge in [0.2, 0.25) is 0 Å². The second-order valence-corrected chi connectivity index (χ2v) is 5.35. The van der Waals surface area contributed by atoms with Gasteiger partial charge < -0.3 is 15.0 Å². The van der Waals surface area contributed by atoms with Crippen LogP contribution in [0.25, 0.3) is 5.69 Å². The van der Waals surface area contributed by atoms with E-state index in [-0.39, 0.29) is 6.10 Å². The lowest BCUT2D eigenvalue weighted by Crippen LogP contribution is -2.44. The fourth-order valence-corrected chi connectivity index (χ4v) is 2.57. The van der Waals surface area contributed by atoms with E-state index in [2.05, 4.69) is 39.5 Å². The van der Waals surface area contributed by atoms with Gasteiger partial charge in [0.15, 0.2) is 0 Å². The SMILES string of the molecule is CN1CCO[C@H](CNCc2ccccc2-n2cncn2)C1. The van der Waals surface area contributed by atoms with Crippen LogP contribution < -0.4 is 5.32 Å². The lowest BCUT2D eigenvalue weighted by atomic mass is 10.1. The van der Waals surface area contributed by atoms with Crippen molar-refractivity contribution in [2.24, 2.45) is 0 Å². The second-order valence-electron chi connectivity index (χ2n) is 5.35. The molecule has 6 heteroatoms. The first-order valence-electron chi connectivity index (χ1n) is 7.26. The van der Waals surface area contributed by atoms with Crippen molar-refractivity contribution >= 4 is 0 Å². The molecule has 1 aliphatic heterocycles. The minimum absolute atomic E-state index is 0.266. The van der Waals surface area contributed by atoms with Crippen molar-refractivity contribution in [3.05, 3.63) is 42.5 Å². The Hall–Kier alpha value is -1.76. The molecule has 3 rings (SSSR count). The van der Waals surface area contributed by atoms with Gasteiger partial charge in [-0.15, -0.1) is 0 Å². The Bertz CT molecular complexity index is 557. The highest BCUT2D eigenvalue weighted by molar-refractivity contribution is 5.39. The Morgan fingerprint density at radius 3 is 3.10 bits per heavy atom. The molecule has 1 aliphatic rings. The maximum Gasteiger partial charge on any atom is 0.138 e. The normalized spacial score (nSPS) is 19.8. The van der Waals surface area contributed by atoms with Crippen LogP contribution in [0.4, 0.5) is 0 Å². The Labute approximate surface area is 124 Å². The molecule has 0 aliphatic carbocycles. The number of nitrogens with zero attached hydrogens (tertiary/aromatic N) is 4. The molecule has 0 saturated carbocycles. The number of rotatable bonds is 5. The van der Waals surface area contributed by atoms with Gasteiger partial charge >= 0.3 is 0 Å². The van der Waals surface area contributed by atoms with Crippen molar-refractivity contribution in [1.82, 2.24) is 25.0 Å². The molecule has 0 bridgehead atoms. The number of morpholine rings is 1. The highest BCUT2D eigenvalue weighted by atomic mass is 16.5. The standard InChI is InChI=1S/C15H21N5O/c1-19-6-7-21-14(10-19)9-16-8-13-4-2-3-5-15(13)20-12-17-11-18-20/h2-5,11-12,14,16H,6-10H2,1H3/t14-/m1/s1. The van der Waals surface area contributed by atoms with Crippen LogP contribution in [0, 0.1) is 0 Å². The van der Waals surface area contributed by atoms with E-state index in [9.17, 15) is 0 Å². The monoisotopic (exact) mass is 287 g/mol. The lowest BCUT2D eigenvalue weighted by Gasteiger charge is -2.30. The predicted octanol–water partition coefficient (Wildman–Crippen LogP) is 0.687. The zero-order valence-corrected chi connectivity index (χ0v) is 12.3. The van der Waals surface area contributed by atoms with Crippen LogP contribution in [0.3, 0.4) is 0 Å². The molecular formula is C15H21N5O. The van der Waals surface area contributed by atoms with Gasteiger partial charge in [0.05, 0.1) is 18.4 Å². The molecule has 2 heterocycles. The number of likely N-dealkylation sites (N-methyl/N-ethyl adjacent to an activating group) is 1. The fourth-order valence-electron chi connectivity index (χ4n) is 2.57. The maximum absolute atomic E-state index is 5.76. The van der Waals surface area contributed by atoms with Crippen LogP contribution in [-0.2, 0) is 11.3 Å². The summed E-state index contributed by atoms with van der Waals surface area (Å²) in [5.74, 6) is 0. The molecule has 1 atom stereocenters. The molecule has 1 aromatic carbocycles. The first-order chi connectivity index (χ1) is 10.3. The molecule has 6 nitrogen and oxygen atoms in total. The number of hydrogen-bond acceptors (Lipinski definition) is 5. The van der Waals surface area contributed by atoms with Gasteiger partial charge in [0.25, 0.3) is 0 Å². The predicted molar refractivity (Wildman–Crippen MR) is 80.3 cm³/mol. The van der Waals surface area contributed by atoms with Crippen molar-refractivity contribution < 1.29 is 4.74 Å². The van der Waals surface area contributed by atoms with E-state index in [1.54, 1.807) is 17.3 Å². The third-order valence-corrected chi connectivity index (χ3v) is 3.69. The molecule has 112 valence electrons. The summed E-state index contributed by atoms with van der Waals surface area (Å²) >= 11 is 0. The van der Waals surface area contributed by atoms with Gasteiger partial charge in [-0.1, -0.05) is 18.2 Å². The number of hydrogen-bond donors (Lipinski definition) is 1. The first kappa shape index (κ1) is 14.2. The number of nitrogens with one attached hydrogen (secondary N) is 1.